The van der Waals surface area contributed by atoms with Crippen LogP contribution in [0, 0.1) is 0 Å². The Bertz CT molecular complexity index is 482. The van der Waals surface area contributed by atoms with Gasteiger partial charge in [-0.05, 0) is 17.7 Å². The summed E-state index contributed by atoms with van der Waals surface area (Å²) in [4.78, 5) is 10.5. The minimum atomic E-state index is -3.44. The van der Waals surface area contributed by atoms with Crippen LogP contribution in [0.4, 0.5) is 5.69 Å². The topological polar surface area (TPSA) is 115 Å². The molecule has 1 amide bonds. The molecular weight excluding hydrogens is 242 g/mol. The van der Waals surface area contributed by atoms with Gasteiger partial charge in [0.1, 0.15) is 0 Å². The van der Waals surface area contributed by atoms with Gasteiger partial charge < -0.3 is 11.5 Å². The minimum Gasteiger partial charge on any atom is -0.399 e. The number of hydrogen-bond acceptors (Lipinski definition) is 4. The van der Waals surface area contributed by atoms with Crippen molar-refractivity contribution in [3.05, 3.63) is 29.8 Å². The van der Waals surface area contributed by atoms with E-state index in [0.717, 1.165) is 0 Å². The highest BCUT2D eigenvalue weighted by atomic mass is 32.2. The summed E-state index contributed by atoms with van der Waals surface area (Å²) < 4.78 is 25.4. The molecule has 0 unspecified atom stereocenters. The summed E-state index contributed by atoms with van der Waals surface area (Å²) in [6.45, 7) is 0.0205. The molecule has 0 aromatic heterocycles. The Hall–Kier alpha value is -1.60. The van der Waals surface area contributed by atoms with Crippen molar-refractivity contribution in [3.63, 3.8) is 0 Å². The Kier molecular flexibility index (Phi) is 4.47. The van der Waals surface area contributed by atoms with Crippen LogP contribution in [0.25, 0.3) is 0 Å². The average Bonchev–Trinajstić information content (AvgIpc) is 2.20. The average molecular weight is 257 g/mol. The van der Waals surface area contributed by atoms with Gasteiger partial charge in [-0.2, -0.15) is 0 Å². The maximum atomic E-state index is 11.6. The van der Waals surface area contributed by atoms with Gasteiger partial charge in [0.05, 0.1) is 5.75 Å². The molecule has 1 aromatic rings. The van der Waals surface area contributed by atoms with Gasteiger partial charge in [0.25, 0.3) is 0 Å². The molecule has 94 valence electrons. The molecule has 0 saturated heterocycles. The molecule has 0 bridgehead atoms. The van der Waals surface area contributed by atoms with Crippen LogP contribution in [0.15, 0.2) is 24.3 Å². The number of nitrogens with two attached hydrogens (primary N) is 2. The quantitative estimate of drug-likeness (QED) is 0.599. The molecule has 0 spiro atoms. The van der Waals surface area contributed by atoms with E-state index in [1.165, 1.54) is 0 Å². The van der Waals surface area contributed by atoms with Gasteiger partial charge in [0.2, 0.25) is 15.9 Å². The normalized spacial score (nSPS) is 11.3. The summed E-state index contributed by atoms with van der Waals surface area (Å²) in [7, 11) is -3.44. The van der Waals surface area contributed by atoms with Gasteiger partial charge in [-0.1, -0.05) is 12.1 Å². The zero-order valence-corrected chi connectivity index (χ0v) is 10.0. The van der Waals surface area contributed by atoms with E-state index in [1.54, 1.807) is 24.3 Å². The second-order valence-electron chi connectivity index (χ2n) is 3.61. The summed E-state index contributed by atoms with van der Waals surface area (Å²) in [5.74, 6) is -0.688. The second-order valence-corrected chi connectivity index (χ2v) is 5.42. The van der Waals surface area contributed by atoms with E-state index in [-0.39, 0.29) is 18.7 Å². The van der Waals surface area contributed by atoms with Crippen LogP contribution in [0.5, 0.6) is 0 Å². The van der Waals surface area contributed by atoms with E-state index >= 15 is 0 Å². The molecule has 0 heterocycles. The fourth-order valence-corrected chi connectivity index (χ4v) is 2.36. The number of primary amides is 1. The Labute approximate surface area is 100 Å². The van der Waals surface area contributed by atoms with Crippen LogP contribution in [-0.4, -0.2) is 20.9 Å². The first-order valence-corrected chi connectivity index (χ1v) is 6.64. The molecular formula is C10H15N3O3S. The molecule has 7 heteroatoms. The number of rotatable bonds is 6. The number of sulfonamides is 1. The van der Waals surface area contributed by atoms with Crippen molar-refractivity contribution in [1.82, 2.24) is 4.72 Å². The number of carbonyl (C=O) groups is 1. The molecule has 0 aliphatic heterocycles. The van der Waals surface area contributed by atoms with Crippen molar-refractivity contribution in [2.75, 3.05) is 12.3 Å². The first kappa shape index (κ1) is 13.5. The lowest BCUT2D eigenvalue weighted by molar-refractivity contribution is -0.117. The van der Waals surface area contributed by atoms with E-state index in [1.807, 2.05) is 0 Å². The maximum absolute atomic E-state index is 11.6. The minimum absolute atomic E-state index is 0.0129. The van der Waals surface area contributed by atoms with E-state index in [4.69, 9.17) is 11.5 Å². The van der Waals surface area contributed by atoms with Crippen molar-refractivity contribution >= 4 is 21.6 Å². The molecule has 0 aliphatic carbocycles. The highest BCUT2D eigenvalue weighted by molar-refractivity contribution is 7.88. The van der Waals surface area contributed by atoms with Crippen molar-refractivity contribution < 1.29 is 13.2 Å². The Morgan fingerprint density at radius 1 is 1.24 bits per heavy atom. The molecule has 1 aromatic carbocycles. The SMILES string of the molecule is NC(=O)CCNS(=O)(=O)Cc1ccc(N)cc1. The van der Waals surface area contributed by atoms with E-state index in [9.17, 15) is 13.2 Å². The molecule has 0 atom stereocenters. The number of nitrogen functional groups attached to an aromatic ring is 1. The highest BCUT2D eigenvalue weighted by Gasteiger charge is 2.11. The van der Waals surface area contributed by atoms with Crippen molar-refractivity contribution in [1.29, 1.82) is 0 Å². The fourth-order valence-electron chi connectivity index (χ4n) is 1.21. The zero-order valence-electron chi connectivity index (χ0n) is 9.22. The van der Waals surface area contributed by atoms with Crippen LogP contribution < -0.4 is 16.2 Å². The third-order valence-corrected chi connectivity index (χ3v) is 3.39. The first-order valence-electron chi connectivity index (χ1n) is 4.99. The molecule has 1 rings (SSSR count). The van der Waals surface area contributed by atoms with Gasteiger partial charge in [-0.3, -0.25) is 4.79 Å². The van der Waals surface area contributed by atoms with Gasteiger partial charge in [0, 0.05) is 18.7 Å². The lowest BCUT2D eigenvalue weighted by atomic mass is 10.2. The summed E-state index contributed by atoms with van der Waals surface area (Å²) in [6.07, 6.45) is -0.0129. The smallest absolute Gasteiger partial charge is 0.218 e. The van der Waals surface area contributed by atoms with Crippen LogP contribution in [0.3, 0.4) is 0 Å². The van der Waals surface area contributed by atoms with Crippen LogP contribution in [0.1, 0.15) is 12.0 Å². The Morgan fingerprint density at radius 3 is 2.35 bits per heavy atom. The lowest BCUT2D eigenvalue weighted by Gasteiger charge is -2.05. The third kappa shape index (κ3) is 5.32. The van der Waals surface area contributed by atoms with Crippen molar-refractivity contribution in [2.45, 2.75) is 12.2 Å². The first-order chi connectivity index (χ1) is 7.89. The molecule has 5 N–H and O–H groups in total. The predicted molar refractivity (Wildman–Crippen MR) is 65.3 cm³/mol. The van der Waals surface area contributed by atoms with Crippen LogP contribution in [0.2, 0.25) is 0 Å². The second kappa shape index (κ2) is 5.65. The molecule has 17 heavy (non-hydrogen) atoms. The number of hydrogen-bond donors (Lipinski definition) is 3. The van der Waals surface area contributed by atoms with Crippen LogP contribution >= 0.6 is 0 Å². The van der Waals surface area contributed by atoms with E-state index in [2.05, 4.69) is 4.72 Å². The maximum Gasteiger partial charge on any atom is 0.218 e. The summed E-state index contributed by atoms with van der Waals surface area (Å²) in [5, 5.41) is 0. The monoisotopic (exact) mass is 257 g/mol. The van der Waals surface area contributed by atoms with Crippen molar-refractivity contribution in [3.8, 4) is 0 Å². The number of nitrogens with one attached hydrogen (secondary N) is 1. The molecule has 6 nitrogen and oxygen atoms in total. The summed E-state index contributed by atoms with van der Waals surface area (Å²) in [6, 6.07) is 6.55. The van der Waals surface area contributed by atoms with Gasteiger partial charge in [-0.25, -0.2) is 13.1 Å². The van der Waals surface area contributed by atoms with Crippen molar-refractivity contribution in [2.24, 2.45) is 5.73 Å². The molecule has 0 radical (unpaired) electrons. The van der Waals surface area contributed by atoms with E-state index in [0.29, 0.717) is 11.3 Å². The molecule has 0 saturated carbocycles. The number of amides is 1. The standard InChI is InChI=1S/C10H15N3O3S/c11-9-3-1-8(2-4-9)7-17(15,16)13-6-5-10(12)14/h1-4,13H,5-7,11H2,(H2,12,14). The van der Waals surface area contributed by atoms with Gasteiger partial charge in [0.15, 0.2) is 0 Å². The molecule has 0 fully saturated rings. The third-order valence-electron chi connectivity index (χ3n) is 2.03. The highest BCUT2D eigenvalue weighted by Crippen LogP contribution is 2.08. The molecule has 0 aliphatic rings. The largest absolute Gasteiger partial charge is 0.399 e. The van der Waals surface area contributed by atoms with E-state index < -0.39 is 15.9 Å². The zero-order chi connectivity index (χ0) is 12.9. The van der Waals surface area contributed by atoms with Gasteiger partial charge in [-0.15, -0.1) is 0 Å². The predicted octanol–water partition coefficient (Wildman–Crippen LogP) is -0.436. The van der Waals surface area contributed by atoms with Crippen LogP contribution in [-0.2, 0) is 20.6 Å². The fraction of sp³-hybridized carbons (Fsp3) is 0.300. The Morgan fingerprint density at radius 2 is 1.82 bits per heavy atom. The number of carbonyl (C=O) groups excluding carboxylic acids is 1. The lowest BCUT2D eigenvalue weighted by Crippen LogP contribution is -2.29. The Balaban J connectivity index is 2.54. The summed E-state index contributed by atoms with van der Waals surface area (Å²) in [5.41, 5.74) is 11.6. The number of anilines is 1. The number of benzene rings is 1. The van der Waals surface area contributed by atoms with Gasteiger partial charge >= 0.3 is 0 Å². The summed E-state index contributed by atoms with van der Waals surface area (Å²) >= 11 is 0.